The molecule has 0 N–H and O–H groups in total. The predicted octanol–water partition coefficient (Wildman–Crippen LogP) is 6.13. The van der Waals surface area contributed by atoms with E-state index in [0.717, 1.165) is 38.7 Å². The van der Waals surface area contributed by atoms with Crippen LogP contribution in [0, 0.1) is 6.92 Å². The Morgan fingerprint density at radius 3 is 2.58 bits per heavy atom. The monoisotopic (exact) mass is 496 g/mol. The summed E-state index contributed by atoms with van der Waals surface area (Å²) in [6, 6.07) is 24.2. The summed E-state index contributed by atoms with van der Waals surface area (Å²) in [6.07, 6.45) is 2.10. The van der Waals surface area contributed by atoms with Gasteiger partial charge < -0.3 is 9.64 Å². The van der Waals surface area contributed by atoms with Crippen molar-refractivity contribution in [3.63, 3.8) is 0 Å². The number of nitrogens with zero attached hydrogens (tertiary/aromatic N) is 4. The van der Waals surface area contributed by atoms with Gasteiger partial charge in [-0.05, 0) is 55.8 Å². The summed E-state index contributed by atoms with van der Waals surface area (Å²) in [4.78, 5) is 23.8. The van der Waals surface area contributed by atoms with Gasteiger partial charge >= 0.3 is 0 Å². The van der Waals surface area contributed by atoms with E-state index in [1.807, 2.05) is 75.1 Å². The van der Waals surface area contributed by atoms with Crippen LogP contribution < -0.4 is 4.74 Å². The number of carbonyl (C=O) groups is 1. The number of rotatable bonds is 8. The zero-order valence-electron chi connectivity index (χ0n) is 20.6. The standard InChI is InChI=1S/C29H28N4O2S/c1-20-8-14-25(15-9-20)35-17-28-31-23(18-36-28)16-29(34)32(3)21(2)22-10-12-24(13-11-22)33-19-30-26-6-4-5-7-27(26)33/h4-15,18-19,21H,16-17H2,1-3H3. The molecule has 7 heteroatoms. The smallest absolute Gasteiger partial charge is 0.228 e. The lowest BCUT2D eigenvalue weighted by molar-refractivity contribution is -0.131. The van der Waals surface area contributed by atoms with E-state index in [1.54, 1.807) is 4.90 Å². The Morgan fingerprint density at radius 2 is 1.81 bits per heavy atom. The normalized spacial score (nSPS) is 12.0. The third-order valence-electron chi connectivity index (χ3n) is 6.40. The molecule has 2 heterocycles. The molecule has 0 saturated heterocycles. The van der Waals surface area contributed by atoms with Gasteiger partial charge in [0.05, 0.1) is 29.2 Å². The second-order valence-electron chi connectivity index (χ2n) is 8.89. The number of hydrogen-bond donors (Lipinski definition) is 0. The zero-order chi connectivity index (χ0) is 25.1. The number of amides is 1. The first kappa shape index (κ1) is 23.8. The van der Waals surface area contributed by atoms with Gasteiger partial charge in [-0.25, -0.2) is 9.97 Å². The van der Waals surface area contributed by atoms with Gasteiger partial charge in [-0.1, -0.05) is 42.0 Å². The lowest BCUT2D eigenvalue weighted by atomic mass is 10.1. The van der Waals surface area contributed by atoms with Crippen LogP contribution in [0.4, 0.5) is 0 Å². The Labute approximate surface area is 214 Å². The zero-order valence-corrected chi connectivity index (χ0v) is 21.4. The van der Waals surface area contributed by atoms with E-state index in [0.29, 0.717) is 6.61 Å². The number of fused-ring (bicyclic) bond motifs is 1. The first-order valence-electron chi connectivity index (χ1n) is 11.9. The molecule has 1 atom stereocenters. The van der Waals surface area contributed by atoms with Crippen LogP contribution in [0.2, 0.25) is 0 Å². The van der Waals surface area contributed by atoms with Gasteiger partial charge in [0.25, 0.3) is 0 Å². The Balaban J connectivity index is 1.19. The average molecular weight is 497 g/mol. The van der Waals surface area contributed by atoms with Gasteiger partial charge in [-0.15, -0.1) is 11.3 Å². The number of carbonyl (C=O) groups excluding carboxylic acids is 1. The number of imidazole rings is 1. The Hall–Kier alpha value is -3.97. The number of thiazole rings is 1. The Kier molecular flexibility index (Phi) is 6.82. The summed E-state index contributed by atoms with van der Waals surface area (Å²) < 4.78 is 7.89. The number of aryl methyl sites for hydroxylation is 1. The number of benzene rings is 3. The summed E-state index contributed by atoms with van der Waals surface area (Å²) in [7, 11) is 1.85. The van der Waals surface area contributed by atoms with Crippen LogP contribution in [0.1, 0.15) is 34.8 Å². The summed E-state index contributed by atoms with van der Waals surface area (Å²) in [5.74, 6) is 0.845. The lowest BCUT2D eigenvalue weighted by Crippen LogP contribution is -2.31. The lowest BCUT2D eigenvalue weighted by Gasteiger charge is -2.25. The first-order chi connectivity index (χ1) is 17.5. The third kappa shape index (κ3) is 5.16. The van der Waals surface area contributed by atoms with Crippen molar-refractivity contribution in [2.24, 2.45) is 0 Å². The van der Waals surface area contributed by atoms with Crippen molar-refractivity contribution in [3.8, 4) is 11.4 Å². The highest BCUT2D eigenvalue weighted by Crippen LogP contribution is 2.24. The molecular formula is C29H28N4O2S. The van der Waals surface area contributed by atoms with Gasteiger partial charge in [-0.3, -0.25) is 9.36 Å². The van der Waals surface area contributed by atoms with Gasteiger partial charge in [0.15, 0.2) is 0 Å². The number of para-hydroxylation sites is 2. The minimum atomic E-state index is -0.0611. The SMILES string of the molecule is Cc1ccc(OCc2nc(CC(=O)N(C)C(C)c3ccc(-n4cnc5ccccc54)cc3)cs2)cc1. The molecule has 0 radical (unpaired) electrons. The molecule has 0 spiro atoms. The summed E-state index contributed by atoms with van der Waals surface area (Å²) >= 11 is 1.52. The first-order valence-corrected chi connectivity index (χ1v) is 12.8. The number of likely N-dealkylation sites (N-methyl/N-ethyl adjacent to an activating group) is 1. The van der Waals surface area contributed by atoms with E-state index < -0.39 is 0 Å². The van der Waals surface area contributed by atoms with Crippen LogP contribution in [0.5, 0.6) is 5.75 Å². The highest BCUT2D eigenvalue weighted by Gasteiger charge is 2.19. The second kappa shape index (κ2) is 10.3. The van der Waals surface area contributed by atoms with E-state index in [9.17, 15) is 4.79 Å². The largest absolute Gasteiger partial charge is 0.486 e. The molecule has 0 aliphatic heterocycles. The molecule has 0 fully saturated rings. The number of aromatic nitrogens is 3. The van der Waals surface area contributed by atoms with Crippen molar-refractivity contribution < 1.29 is 9.53 Å². The minimum absolute atomic E-state index is 0.0310. The molecule has 36 heavy (non-hydrogen) atoms. The fraction of sp³-hybridized carbons (Fsp3) is 0.207. The maximum atomic E-state index is 13.0. The summed E-state index contributed by atoms with van der Waals surface area (Å²) in [5, 5.41) is 2.80. The van der Waals surface area contributed by atoms with E-state index in [2.05, 4.69) is 44.9 Å². The highest BCUT2D eigenvalue weighted by atomic mass is 32.1. The molecule has 0 saturated carbocycles. The predicted molar refractivity (Wildman–Crippen MR) is 144 cm³/mol. The number of hydrogen-bond acceptors (Lipinski definition) is 5. The number of ether oxygens (including phenoxy) is 1. The fourth-order valence-corrected chi connectivity index (χ4v) is 4.78. The Morgan fingerprint density at radius 1 is 1.06 bits per heavy atom. The van der Waals surface area contributed by atoms with Crippen LogP contribution >= 0.6 is 11.3 Å². The maximum Gasteiger partial charge on any atom is 0.228 e. The second-order valence-corrected chi connectivity index (χ2v) is 9.83. The van der Waals surface area contributed by atoms with Crippen molar-refractivity contribution in [2.75, 3.05) is 7.05 Å². The average Bonchev–Trinajstić information content (AvgIpc) is 3.54. The van der Waals surface area contributed by atoms with Gasteiger partial charge in [-0.2, -0.15) is 0 Å². The van der Waals surface area contributed by atoms with Crippen LogP contribution in [-0.4, -0.2) is 32.4 Å². The molecule has 0 aliphatic rings. The van der Waals surface area contributed by atoms with Crippen molar-refractivity contribution in [2.45, 2.75) is 32.9 Å². The quantitative estimate of drug-likeness (QED) is 0.259. The van der Waals surface area contributed by atoms with Crippen molar-refractivity contribution in [1.29, 1.82) is 0 Å². The van der Waals surface area contributed by atoms with Crippen molar-refractivity contribution >= 4 is 28.3 Å². The van der Waals surface area contributed by atoms with Gasteiger partial charge in [0.1, 0.15) is 23.7 Å². The molecule has 5 rings (SSSR count). The molecule has 182 valence electrons. The van der Waals surface area contributed by atoms with Gasteiger partial charge in [0.2, 0.25) is 5.91 Å². The molecule has 6 nitrogen and oxygen atoms in total. The maximum absolute atomic E-state index is 13.0. The highest BCUT2D eigenvalue weighted by molar-refractivity contribution is 7.09. The Bertz CT molecular complexity index is 1470. The van der Waals surface area contributed by atoms with E-state index >= 15 is 0 Å². The van der Waals surface area contributed by atoms with Crippen LogP contribution in [0.3, 0.4) is 0 Å². The van der Waals surface area contributed by atoms with Crippen LogP contribution in [0.15, 0.2) is 84.5 Å². The van der Waals surface area contributed by atoms with Crippen molar-refractivity contribution in [1.82, 2.24) is 19.4 Å². The summed E-state index contributed by atoms with van der Waals surface area (Å²) in [6.45, 7) is 4.48. The van der Waals surface area contributed by atoms with Crippen molar-refractivity contribution in [3.05, 3.63) is 106 Å². The third-order valence-corrected chi connectivity index (χ3v) is 7.27. The molecule has 1 unspecified atom stereocenters. The van der Waals surface area contributed by atoms with Gasteiger partial charge in [0, 0.05) is 18.1 Å². The van der Waals surface area contributed by atoms with E-state index in [4.69, 9.17) is 4.74 Å². The van der Waals surface area contributed by atoms with Crippen LogP contribution in [0.25, 0.3) is 16.7 Å². The molecule has 3 aromatic carbocycles. The molecule has 1 amide bonds. The minimum Gasteiger partial charge on any atom is -0.486 e. The molecular weight excluding hydrogens is 468 g/mol. The van der Waals surface area contributed by atoms with Crippen LogP contribution in [-0.2, 0) is 17.8 Å². The fourth-order valence-electron chi connectivity index (χ4n) is 4.07. The van der Waals surface area contributed by atoms with E-state index in [1.165, 1.54) is 16.9 Å². The molecule has 2 aromatic heterocycles. The molecule has 0 bridgehead atoms. The van der Waals surface area contributed by atoms with E-state index in [-0.39, 0.29) is 18.4 Å². The molecule has 0 aliphatic carbocycles. The summed E-state index contributed by atoms with van der Waals surface area (Å²) in [5.41, 5.74) is 6.11. The molecule has 5 aromatic rings. The topological polar surface area (TPSA) is 60.2 Å².